The zero-order chi connectivity index (χ0) is 14.5. The lowest BCUT2D eigenvalue weighted by Gasteiger charge is -2.25. The van der Waals surface area contributed by atoms with E-state index in [0.29, 0.717) is 0 Å². The number of hydrogen-bond acceptors (Lipinski definition) is 2. The largest absolute Gasteiger partial charge is 0.159 e. The van der Waals surface area contributed by atoms with Crippen molar-refractivity contribution in [1.82, 2.24) is 10.2 Å². The fraction of sp³-hybridized carbons (Fsp3) is 0.111. The van der Waals surface area contributed by atoms with Gasteiger partial charge in [-0.3, -0.25) is 0 Å². The van der Waals surface area contributed by atoms with Gasteiger partial charge in [0.15, 0.2) is 0 Å². The molecule has 0 saturated heterocycles. The van der Waals surface area contributed by atoms with E-state index in [9.17, 15) is 0 Å². The highest BCUT2D eigenvalue weighted by Crippen LogP contribution is 2.54. The molecule has 3 rings (SSSR count). The van der Waals surface area contributed by atoms with Gasteiger partial charge in [0, 0.05) is 6.07 Å². The van der Waals surface area contributed by atoms with Crippen LogP contribution < -0.4 is 15.9 Å². The number of rotatable bonds is 4. The second kappa shape index (κ2) is 6.15. The van der Waals surface area contributed by atoms with Crippen LogP contribution >= 0.6 is 7.26 Å². The lowest BCUT2D eigenvalue weighted by molar-refractivity contribution is 1.04. The first-order chi connectivity index (χ1) is 10.4. The molecule has 0 fully saturated rings. The first kappa shape index (κ1) is 13.9. The van der Waals surface area contributed by atoms with Crippen LogP contribution in [0.3, 0.4) is 0 Å². The SMILES string of the molecule is CC[P+](c1ccccc1)(c1ccccc1)c1ccnnc1. The molecule has 0 atom stereocenters. The lowest BCUT2D eigenvalue weighted by atomic mass is 10.4. The van der Waals surface area contributed by atoms with Crippen molar-refractivity contribution in [3.8, 4) is 0 Å². The Hall–Kier alpha value is -2.05. The fourth-order valence-corrected chi connectivity index (χ4v) is 6.79. The van der Waals surface area contributed by atoms with Gasteiger partial charge in [-0.25, -0.2) is 0 Å². The van der Waals surface area contributed by atoms with E-state index in [2.05, 4.69) is 83.9 Å². The number of benzene rings is 2. The minimum absolute atomic E-state index is 1.08. The summed E-state index contributed by atoms with van der Waals surface area (Å²) >= 11 is 0. The van der Waals surface area contributed by atoms with Crippen LogP contribution in [0, 0.1) is 0 Å². The third-order valence-electron chi connectivity index (χ3n) is 3.88. The first-order valence-corrected chi connectivity index (χ1v) is 9.12. The van der Waals surface area contributed by atoms with Gasteiger partial charge in [0.25, 0.3) is 0 Å². The van der Waals surface area contributed by atoms with Gasteiger partial charge in [0.05, 0.1) is 18.6 Å². The van der Waals surface area contributed by atoms with Gasteiger partial charge in [-0.15, -0.1) is 0 Å². The van der Waals surface area contributed by atoms with Gasteiger partial charge in [-0.1, -0.05) is 36.4 Å². The van der Waals surface area contributed by atoms with E-state index in [1.807, 2.05) is 6.20 Å². The number of hydrogen-bond donors (Lipinski definition) is 0. The summed E-state index contributed by atoms with van der Waals surface area (Å²) in [4.78, 5) is 0. The predicted molar refractivity (Wildman–Crippen MR) is 91.3 cm³/mol. The summed E-state index contributed by atoms with van der Waals surface area (Å²) in [5, 5.41) is 12.2. The van der Waals surface area contributed by atoms with Crippen molar-refractivity contribution in [3.05, 3.63) is 79.1 Å². The molecule has 0 aliphatic rings. The monoisotopic (exact) mass is 293 g/mol. The van der Waals surface area contributed by atoms with Crippen LogP contribution in [0.4, 0.5) is 0 Å². The topological polar surface area (TPSA) is 25.8 Å². The maximum absolute atomic E-state index is 4.13. The molecular formula is C18H18N2P+. The molecule has 2 aromatic carbocycles. The summed E-state index contributed by atoms with van der Waals surface area (Å²) in [5.41, 5.74) is 0. The van der Waals surface area contributed by atoms with Gasteiger partial charge in [0.2, 0.25) is 0 Å². The van der Waals surface area contributed by atoms with E-state index < -0.39 is 7.26 Å². The fourth-order valence-electron chi connectivity index (χ4n) is 2.87. The lowest BCUT2D eigenvalue weighted by Crippen LogP contribution is -2.33. The quantitative estimate of drug-likeness (QED) is 0.691. The van der Waals surface area contributed by atoms with Gasteiger partial charge in [0.1, 0.15) is 23.2 Å². The van der Waals surface area contributed by atoms with Crippen LogP contribution in [0.15, 0.2) is 79.1 Å². The van der Waals surface area contributed by atoms with E-state index >= 15 is 0 Å². The summed E-state index contributed by atoms with van der Waals surface area (Å²) in [6, 6.07) is 23.7. The molecule has 0 unspecified atom stereocenters. The van der Waals surface area contributed by atoms with E-state index in [4.69, 9.17) is 0 Å². The molecule has 0 spiro atoms. The molecule has 0 bridgehead atoms. The zero-order valence-electron chi connectivity index (χ0n) is 12.1. The molecule has 0 radical (unpaired) electrons. The Kier molecular flexibility index (Phi) is 4.08. The first-order valence-electron chi connectivity index (χ1n) is 7.14. The van der Waals surface area contributed by atoms with Crippen molar-refractivity contribution >= 4 is 23.2 Å². The minimum atomic E-state index is -1.64. The molecular weight excluding hydrogens is 275 g/mol. The number of aromatic nitrogens is 2. The van der Waals surface area contributed by atoms with E-state index in [-0.39, 0.29) is 0 Å². The molecule has 2 nitrogen and oxygen atoms in total. The second-order valence-corrected chi connectivity index (χ2v) is 8.70. The Balaban J connectivity index is 2.29. The Morgan fingerprint density at radius 2 is 1.29 bits per heavy atom. The molecule has 3 heteroatoms. The standard InChI is InChI=1S/C18H18N2P/c1-2-21(16-9-5-3-6-10-16,17-11-7-4-8-12-17)18-13-14-19-20-15-18/h3-15H,2H2,1H3/q+1. The Morgan fingerprint density at radius 1 is 0.714 bits per heavy atom. The molecule has 0 N–H and O–H groups in total. The van der Waals surface area contributed by atoms with Gasteiger partial charge in [-0.2, -0.15) is 10.2 Å². The zero-order valence-corrected chi connectivity index (χ0v) is 12.9. The summed E-state index contributed by atoms with van der Waals surface area (Å²) in [7, 11) is -1.64. The van der Waals surface area contributed by atoms with Crippen LogP contribution in [0.1, 0.15) is 6.92 Å². The highest BCUT2D eigenvalue weighted by Gasteiger charge is 2.43. The molecule has 1 heterocycles. The van der Waals surface area contributed by atoms with Gasteiger partial charge >= 0.3 is 0 Å². The second-order valence-electron chi connectivity index (χ2n) is 4.90. The van der Waals surface area contributed by atoms with Crippen LogP contribution in [0.25, 0.3) is 0 Å². The van der Waals surface area contributed by atoms with Crippen molar-refractivity contribution in [2.75, 3.05) is 6.16 Å². The van der Waals surface area contributed by atoms with E-state index in [0.717, 1.165) is 6.16 Å². The Bertz CT molecular complexity index is 588. The summed E-state index contributed by atoms with van der Waals surface area (Å²) < 4.78 is 0. The summed E-state index contributed by atoms with van der Waals surface area (Å²) in [6.07, 6.45) is 4.80. The van der Waals surface area contributed by atoms with Crippen molar-refractivity contribution < 1.29 is 0 Å². The molecule has 0 aliphatic carbocycles. The van der Waals surface area contributed by atoms with Crippen molar-refractivity contribution in [2.24, 2.45) is 0 Å². The molecule has 104 valence electrons. The summed E-state index contributed by atoms with van der Waals surface area (Å²) in [6.45, 7) is 2.27. The average molecular weight is 293 g/mol. The maximum Gasteiger partial charge on any atom is 0.126 e. The molecule has 0 amide bonds. The molecule has 3 aromatic rings. The third-order valence-corrected chi connectivity index (χ3v) is 8.33. The molecule has 0 saturated carbocycles. The van der Waals surface area contributed by atoms with Crippen molar-refractivity contribution in [3.63, 3.8) is 0 Å². The molecule has 21 heavy (non-hydrogen) atoms. The smallest absolute Gasteiger partial charge is 0.126 e. The van der Waals surface area contributed by atoms with Crippen LogP contribution in [0.5, 0.6) is 0 Å². The van der Waals surface area contributed by atoms with Crippen molar-refractivity contribution in [1.29, 1.82) is 0 Å². The Labute approximate surface area is 126 Å². The highest BCUT2D eigenvalue weighted by atomic mass is 31.2. The number of nitrogens with zero attached hydrogens (tertiary/aromatic N) is 2. The predicted octanol–water partition coefficient (Wildman–Crippen LogP) is 2.79. The van der Waals surface area contributed by atoms with Crippen LogP contribution in [-0.4, -0.2) is 16.4 Å². The van der Waals surface area contributed by atoms with Gasteiger partial charge in [-0.05, 0) is 31.2 Å². The maximum atomic E-state index is 4.13. The summed E-state index contributed by atoms with van der Waals surface area (Å²) in [5.74, 6) is 0. The van der Waals surface area contributed by atoms with Crippen molar-refractivity contribution in [2.45, 2.75) is 6.92 Å². The Morgan fingerprint density at radius 3 is 1.71 bits per heavy atom. The van der Waals surface area contributed by atoms with E-state index in [1.165, 1.54) is 15.9 Å². The third kappa shape index (κ3) is 2.48. The van der Waals surface area contributed by atoms with Gasteiger partial charge < -0.3 is 0 Å². The minimum Gasteiger partial charge on any atom is -0.159 e. The van der Waals surface area contributed by atoms with Crippen LogP contribution in [-0.2, 0) is 0 Å². The normalized spacial score (nSPS) is 11.3. The average Bonchev–Trinajstić information content (AvgIpc) is 2.59. The highest BCUT2D eigenvalue weighted by molar-refractivity contribution is 7.95. The van der Waals surface area contributed by atoms with E-state index in [1.54, 1.807) is 6.20 Å². The van der Waals surface area contributed by atoms with Crippen LogP contribution in [0.2, 0.25) is 0 Å². The molecule has 0 aliphatic heterocycles. The molecule has 1 aromatic heterocycles.